The van der Waals surface area contributed by atoms with E-state index < -0.39 is 6.16 Å². The van der Waals surface area contributed by atoms with E-state index in [4.69, 9.17) is 18.9 Å². The number of hydrogen-bond donors (Lipinski definition) is 0. The second kappa shape index (κ2) is 4.31. The quantitative estimate of drug-likeness (QED) is 0.709. The number of hydrogen-bond acceptors (Lipinski definition) is 4. The molecule has 0 unspecified atom stereocenters. The molecule has 1 aromatic carbocycles. The van der Waals surface area contributed by atoms with Gasteiger partial charge in [-0.05, 0) is 31.4 Å². The Balaban J connectivity index is 1.82. The lowest BCUT2D eigenvalue weighted by Gasteiger charge is -2.42. The van der Waals surface area contributed by atoms with Crippen LogP contribution in [0.3, 0.4) is 0 Å². The van der Waals surface area contributed by atoms with E-state index in [0.29, 0.717) is 19.8 Å². The molecular formula is C14H18O4. The molecule has 2 aliphatic rings. The summed E-state index contributed by atoms with van der Waals surface area (Å²) in [6.45, 7) is 5.48. The van der Waals surface area contributed by atoms with Crippen molar-refractivity contribution in [2.75, 3.05) is 6.61 Å². The van der Waals surface area contributed by atoms with Crippen molar-refractivity contribution in [1.82, 2.24) is 0 Å². The zero-order chi connectivity index (χ0) is 12.6. The van der Waals surface area contributed by atoms with Gasteiger partial charge in [-0.3, -0.25) is 14.2 Å². The topological polar surface area (TPSA) is 36.9 Å². The van der Waals surface area contributed by atoms with Crippen LogP contribution in [0.5, 0.6) is 0 Å². The maximum Gasteiger partial charge on any atom is 0.413 e. The van der Waals surface area contributed by atoms with E-state index in [9.17, 15) is 0 Å². The van der Waals surface area contributed by atoms with Crippen LogP contribution in [0.4, 0.5) is 0 Å². The van der Waals surface area contributed by atoms with E-state index in [2.05, 4.69) is 0 Å². The van der Waals surface area contributed by atoms with Crippen LogP contribution < -0.4 is 0 Å². The Morgan fingerprint density at radius 3 is 2.11 bits per heavy atom. The third-order valence-electron chi connectivity index (χ3n) is 3.31. The molecule has 0 bridgehead atoms. The van der Waals surface area contributed by atoms with Gasteiger partial charge >= 0.3 is 6.16 Å². The van der Waals surface area contributed by atoms with Crippen molar-refractivity contribution in [3.8, 4) is 0 Å². The summed E-state index contributed by atoms with van der Waals surface area (Å²) in [5.74, 6) is 0. The molecule has 2 heterocycles. The molecule has 4 heteroatoms. The zero-order valence-corrected chi connectivity index (χ0v) is 10.8. The first-order valence-corrected chi connectivity index (χ1v) is 6.27. The highest BCUT2D eigenvalue weighted by molar-refractivity contribution is 5.26. The fraction of sp³-hybridized carbons (Fsp3) is 0.571. The van der Waals surface area contributed by atoms with E-state index >= 15 is 0 Å². The van der Waals surface area contributed by atoms with Crippen molar-refractivity contribution >= 4 is 0 Å². The van der Waals surface area contributed by atoms with E-state index in [1.807, 2.05) is 38.1 Å². The van der Waals surface area contributed by atoms with Crippen LogP contribution in [0, 0.1) is 0 Å². The van der Waals surface area contributed by atoms with E-state index in [0.717, 1.165) is 17.5 Å². The number of rotatable bonds is 0. The molecule has 3 rings (SSSR count). The van der Waals surface area contributed by atoms with Gasteiger partial charge in [-0.2, -0.15) is 0 Å². The molecular weight excluding hydrogens is 232 g/mol. The third kappa shape index (κ3) is 2.29. The number of ether oxygens (including phenoxy) is 4. The van der Waals surface area contributed by atoms with Gasteiger partial charge in [0.05, 0.1) is 25.4 Å². The Labute approximate surface area is 107 Å². The molecule has 4 nitrogen and oxygen atoms in total. The minimum atomic E-state index is -1.35. The summed E-state index contributed by atoms with van der Waals surface area (Å²) in [5.41, 5.74) is 1.93. The lowest BCUT2D eigenvalue weighted by atomic mass is 10.1. The maximum atomic E-state index is 5.85. The smallest absolute Gasteiger partial charge is 0.303 e. The van der Waals surface area contributed by atoms with Gasteiger partial charge in [-0.15, -0.1) is 0 Å². The normalized spacial score (nSPS) is 25.4. The molecule has 0 aromatic heterocycles. The largest absolute Gasteiger partial charge is 0.413 e. The third-order valence-corrected chi connectivity index (χ3v) is 3.31. The molecule has 0 N–H and O–H groups in total. The van der Waals surface area contributed by atoms with Crippen LogP contribution in [-0.2, 0) is 32.2 Å². The van der Waals surface area contributed by atoms with Crippen molar-refractivity contribution in [1.29, 1.82) is 0 Å². The first-order valence-electron chi connectivity index (χ1n) is 6.27. The monoisotopic (exact) mass is 250 g/mol. The molecule has 2 aliphatic heterocycles. The summed E-state index contributed by atoms with van der Waals surface area (Å²) in [6, 6.07) is 8.05. The van der Waals surface area contributed by atoms with Crippen LogP contribution in [0.25, 0.3) is 0 Å². The lowest BCUT2D eigenvalue weighted by molar-refractivity contribution is -0.538. The highest BCUT2D eigenvalue weighted by atomic mass is 17.0. The predicted molar refractivity (Wildman–Crippen MR) is 64.5 cm³/mol. The fourth-order valence-electron chi connectivity index (χ4n) is 2.20. The van der Waals surface area contributed by atoms with E-state index in [1.54, 1.807) is 0 Å². The number of fused-ring (bicyclic) bond motifs is 1. The van der Waals surface area contributed by atoms with Crippen LogP contribution in [0.15, 0.2) is 24.3 Å². The minimum Gasteiger partial charge on any atom is -0.303 e. The summed E-state index contributed by atoms with van der Waals surface area (Å²) in [7, 11) is 0. The fourth-order valence-corrected chi connectivity index (χ4v) is 2.20. The molecule has 0 saturated carbocycles. The average Bonchev–Trinajstić information content (AvgIpc) is 2.50. The lowest BCUT2D eigenvalue weighted by Crippen LogP contribution is -2.52. The highest BCUT2D eigenvalue weighted by Gasteiger charge is 2.46. The van der Waals surface area contributed by atoms with E-state index in [1.165, 1.54) is 0 Å². The first kappa shape index (κ1) is 12.1. The summed E-state index contributed by atoms with van der Waals surface area (Å²) < 4.78 is 22.9. The summed E-state index contributed by atoms with van der Waals surface area (Å²) in [6.07, 6.45) is -0.519. The maximum absolute atomic E-state index is 5.85. The molecule has 0 aliphatic carbocycles. The standard InChI is InChI=1S/C14H18O4/c1-13(2)7-8-15-14(18-13)16-9-11-5-3-4-6-12(11)10-17-14/h3-6H,7-10H2,1-2H3. The average molecular weight is 250 g/mol. The molecule has 1 saturated heterocycles. The molecule has 0 radical (unpaired) electrons. The highest BCUT2D eigenvalue weighted by Crippen LogP contribution is 2.35. The van der Waals surface area contributed by atoms with Crippen molar-refractivity contribution in [2.24, 2.45) is 0 Å². The van der Waals surface area contributed by atoms with Gasteiger partial charge in [-0.25, -0.2) is 0 Å². The molecule has 18 heavy (non-hydrogen) atoms. The molecule has 0 amide bonds. The summed E-state index contributed by atoms with van der Waals surface area (Å²) in [5, 5.41) is 0. The van der Waals surface area contributed by atoms with Gasteiger partial charge < -0.3 is 4.74 Å². The minimum absolute atomic E-state index is 0.297. The Hall–Kier alpha value is -0.940. The van der Waals surface area contributed by atoms with Gasteiger partial charge in [0, 0.05) is 0 Å². The van der Waals surface area contributed by atoms with Gasteiger partial charge in [-0.1, -0.05) is 24.3 Å². The SMILES string of the molecule is CC1(C)CCOC2(OCc3ccccc3CO2)O1. The van der Waals surface area contributed by atoms with Crippen LogP contribution in [-0.4, -0.2) is 18.4 Å². The van der Waals surface area contributed by atoms with Gasteiger partial charge in [0.1, 0.15) is 0 Å². The van der Waals surface area contributed by atoms with Crippen molar-refractivity contribution < 1.29 is 18.9 Å². The predicted octanol–water partition coefficient (Wildman–Crippen LogP) is 2.56. The molecule has 98 valence electrons. The van der Waals surface area contributed by atoms with Crippen LogP contribution in [0.2, 0.25) is 0 Å². The van der Waals surface area contributed by atoms with Crippen molar-refractivity contribution in [3.63, 3.8) is 0 Å². The Morgan fingerprint density at radius 1 is 0.944 bits per heavy atom. The second-order valence-electron chi connectivity index (χ2n) is 5.31. The second-order valence-corrected chi connectivity index (χ2v) is 5.31. The van der Waals surface area contributed by atoms with Gasteiger partial charge in [0.15, 0.2) is 0 Å². The Bertz CT molecular complexity index is 414. The van der Waals surface area contributed by atoms with Crippen LogP contribution >= 0.6 is 0 Å². The van der Waals surface area contributed by atoms with Crippen molar-refractivity contribution in [2.45, 2.75) is 45.2 Å². The molecule has 1 aromatic rings. The first-order chi connectivity index (χ1) is 8.59. The molecule has 0 atom stereocenters. The molecule has 1 fully saturated rings. The Morgan fingerprint density at radius 2 is 1.56 bits per heavy atom. The number of benzene rings is 1. The van der Waals surface area contributed by atoms with Crippen molar-refractivity contribution in [3.05, 3.63) is 35.4 Å². The summed E-state index contributed by atoms with van der Waals surface area (Å²) >= 11 is 0. The van der Waals surface area contributed by atoms with Gasteiger partial charge in [0.25, 0.3) is 0 Å². The summed E-state index contributed by atoms with van der Waals surface area (Å²) in [4.78, 5) is 0. The van der Waals surface area contributed by atoms with Crippen LogP contribution in [0.1, 0.15) is 31.4 Å². The van der Waals surface area contributed by atoms with Gasteiger partial charge in [0.2, 0.25) is 0 Å². The zero-order valence-electron chi connectivity index (χ0n) is 10.8. The Kier molecular flexibility index (Phi) is 2.90. The molecule has 1 spiro atoms. The van der Waals surface area contributed by atoms with E-state index in [-0.39, 0.29) is 5.60 Å².